The number of aromatic nitrogens is 2. The van der Waals surface area contributed by atoms with Gasteiger partial charge in [0, 0.05) is 25.8 Å². The zero-order chi connectivity index (χ0) is 15.0. The van der Waals surface area contributed by atoms with E-state index in [-0.39, 0.29) is 0 Å². The van der Waals surface area contributed by atoms with Crippen LogP contribution in [0.3, 0.4) is 0 Å². The summed E-state index contributed by atoms with van der Waals surface area (Å²) in [5.41, 5.74) is 1.08. The molecule has 6 nitrogen and oxygen atoms in total. The Morgan fingerprint density at radius 3 is 2.45 bits per heavy atom. The summed E-state index contributed by atoms with van der Waals surface area (Å²) in [4.78, 5) is 8.60. The van der Waals surface area contributed by atoms with Gasteiger partial charge >= 0.3 is 0 Å². The van der Waals surface area contributed by atoms with E-state index in [9.17, 15) is 5.11 Å². The molecule has 0 fully saturated rings. The standard InChI is InChI=1S/C14H26N4O2/c1-5-15-13-12(10(2)3)14(18-9-17-13)16-7-6-11(19)8-20-4/h9-11,19H,5-8H2,1-4H3,(H2,15,16,17,18). The van der Waals surface area contributed by atoms with Crippen molar-refractivity contribution in [3.05, 3.63) is 11.9 Å². The van der Waals surface area contributed by atoms with Crippen molar-refractivity contribution in [3.8, 4) is 0 Å². The Hall–Kier alpha value is -1.40. The number of anilines is 2. The van der Waals surface area contributed by atoms with Gasteiger partial charge in [0.2, 0.25) is 0 Å². The van der Waals surface area contributed by atoms with Crippen LogP contribution in [0, 0.1) is 0 Å². The molecule has 1 rings (SSSR count). The molecule has 1 aromatic heterocycles. The number of aliphatic hydroxyl groups excluding tert-OH is 1. The van der Waals surface area contributed by atoms with Gasteiger partial charge in [-0.15, -0.1) is 0 Å². The van der Waals surface area contributed by atoms with E-state index in [0.717, 1.165) is 23.7 Å². The van der Waals surface area contributed by atoms with Crippen LogP contribution in [0.1, 0.15) is 38.7 Å². The predicted octanol–water partition coefficient (Wildman–Crippen LogP) is 1.84. The van der Waals surface area contributed by atoms with Crippen LogP contribution in [0.5, 0.6) is 0 Å². The molecule has 6 heteroatoms. The molecular formula is C14H26N4O2. The van der Waals surface area contributed by atoms with Crippen LogP contribution in [0.25, 0.3) is 0 Å². The fourth-order valence-electron chi connectivity index (χ4n) is 2.02. The van der Waals surface area contributed by atoms with Crippen LogP contribution >= 0.6 is 0 Å². The maximum Gasteiger partial charge on any atom is 0.134 e. The summed E-state index contributed by atoms with van der Waals surface area (Å²) in [6.07, 6.45) is 1.72. The van der Waals surface area contributed by atoms with Crippen molar-refractivity contribution in [2.24, 2.45) is 0 Å². The summed E-state index contributed by atoms with van der Waals surface area (Å²) in [6.45, 7) is 8.09. The van der Waals surface area contributed by atoms with Crippen LogP contribution in [0.4, 0.5) is 11.6 Å². The summed E-state index contributed by atoms with van der Waals surface area (Å²) in [7, 11) is 1.58. The van der Waals surface area contributed by atoms with Gasteiger partial charge in [-0.25, -0.2) is 9.97 Å². The molecule has 0 aliphatic carbocycles. The molecule has 0 radical (unpaired) electrons. The molecule has 1 atom stereocenters. The summed E-state index contributed by atoms with van der Waals surface area (Å²) in [5, 5.41) is 16.2. The van der Waals surface area contributed by atoms with Gasteiger partial charge in [-0.2, -0.15) is 0 Å². The van der Waals surface area contributed by atoms with Crippen molar-refractivity contribution in [2.45, 2.75) is 39.2 Å². The number of ether oxygens (including phenoxy) is 1. The lowest BCUT2D eigenvalue weighted by molar-refractivity contribution is 0.0615. The molecular weight excluding hydrogens is 256 g/mol. The van der Waals surface area contributed by atoms with Gasteiger partial charge in [-0.05, 0) is 19.3 Å². The summed E-state index contributed by atoms with van der Waals surface area (Å²) < 4.78 is 4.91. The topological polar surface area (TPSA) is 79.3 Å². The van der Waals surface area contributed by atoms with E-state index in [4.69, 9.17) is 4.74 Å². The Bertz CT molecular complexity index is 399. The van der Waals surface area contributed by atoms with Crippen LogP contribution in [0.2, 0.25) is 0 Å². The summed E-state index contributed by atoms with van der Waals surface area (Å²) >= 11 is 0. The SMILES string of the molecule is CCNc1ncnc(NCCC(O)COC)c1C(C)C. The van der Waals surface area contributed by atoms with E-state index in [0.29, 0.717) is 25.5 Å². The van der Waals surface area contributed by atoms with E-state index in [2.05, 4.69) is 34.4 Å². The molecule has 0 aromatic carbocycles. The Kier molecular flexibility index (Phi) is 7.25. The van der Waals surface area contributed by atoms with Gasteiger partial charge in [0.1, 0.15) is 18.0 Å². The van der Waals surface area contributed by atoms with Gasteiger partial charge in [0.25, 0.3) is 0 Å². The second-order valence-electron chi connectivity index (χ2n) is 4.99. The van der Waals surface area contributed by atoms with E-state index < -0.39 is 6.10 Å². The minimum Gasteiger partial charge on any atom is -0.391 e. The van der Waals surface area contributed by atoms with Crippen LogP contribution < -0.4 is 10.6 Å². The van der Waals surface area contributed by atoms with Gasteiger partial charge in [-0.3, -0.25) is 0 Å². The molecule has 1 aromatic rings. The molecule has 0 saturated heterocycles. The number of aliphatic hydroxyl groups is 1. The molecule has 0 aliphatic heterocycles. The highest BCUT2D eigenvalue weighted by atomic mass is 16.5. The largest absolute Gasteiger partial charge is 0.391 e. The quantitative estimate of drug-likeness (QED) is 0.641. The molecule has 114 valence electrons. The first-order chi connectivity index (χ1) is 9.60. The lowest BCUT2D eigenvalue weighted by Gasteiger charge is -2.18. The Morgan fingerprint density at radius 2 is 1.90 bits per heavy atom. The zero-order valence-corrected chi connectivity index (χ0v) is 12.8. The average Bonchev–Trinajstić information content (AvgIpc) is 2.39. The Labute approximate surface area is 121 Å². The lowest BCUT2D eigenvalue weighted by atomic mass is 10.0. The van der Waals surface area contributed by atoms with Crippen LogP contribution in [-0.4, -0.2) is 48.0 Å². The highest BCUT2D eigenvalue weighted by Gasteiger charge is 2.14. The molecule has 0 bridgehead atoms. The molecule has 0 aliphatic rings. The van der Waals surface area contributed by atoms with Gasteiger partial charge in [0.05, 0.1) is 12.7 Å². The number of methoxy groups -OCH3 is 1. The van der Waals surface area contributed by atoms with E-state index in [1.54, 1.807) is 13.4 Å². The maximum absolute atomic E-state index is 9.63. The van der Waals surface area contributed by atoms with Crippen molar-refractivity contribution in [3.63, 3.8) is 0 Å². The molecule has 0 spiro atoms. The normalized spacial score (nSPS) is 12.5. The van der Waals surface area contributed by atoms with Crippen molar-refractivity contribution < 1.29 is 9.84 Å². The average molecular weight is 282 g/mol. The van der Waals surface area contributed by atoms with Crippen LogP contribution in [-0.2, 0) is 4.74 Å². The minimum atomic E-state index is -0.454. The molecule has 3 N–H and O–H groups in total. The molecule has 1 unspecified atom stereocenters. The second-order valence-corrected chi connectivity index (χ2v) is 4.99. The number of rotatable bonds is 9. The predicted molar refractivity (Wildman–Crippen MR) is 81.3 cm³/mol. The third-order valence-electron chi connectivity index (χ3n) is 2.93. The first-order valence-corrected chi connectivity index (χ1v) is 7.09. The minimum absolute atomic E-state index is 0.316. The molecule has 0 saturated carbocycles. The zero-order valence-electron chi connectivity index (χ0n) is 12.8. The van der Waals surface area contributed by atoms with Crippen molar-refractivity contribution in [1.82, 2.24) is 9.97 Å². The Morgan fingerprint density at radius 1 is 1.25 bits per heavy atom. The highest BCUT2D eigenvalue weighted by molar-refractivity contribution is 5.58. The smallest absolute Gasteiger partial charge is 0.134 e. The first kappa shape index (κ1) is 16.7. The molecule has 0 amide bonds. The van der Waals surface area contributed by atoms with Gasteiger partial charge < -0.3 is 20.5 Å². The Balaban J connectivity index is 2.71. The van der Waals surface area contributed by atoms with Gasteiger partial charge in [0.15, 0.2) is 0 Å². The number of hydrogen-bond acceptors (Lipinski definition) is 6. The van der Waals surface area contributed by atoms with Crippen LogP contribution in [0.15, 0.2) is 6.33 Å². The third kappa shape index (κ3) is 4.94. The molecule has 1 heterocycles. The second kappa shape index (κ2) is 8.71. The van der Waals surface area contributed by atoms with E-state index in [1.807, 2.05) is 6.92 Å². The summed E-state index contributed by atoms with van der Waals surface area (Å²) in [6, 6.07) is 0. The van der Waals surface area contributed by atoms with E-state index >= 15 is 0 Å². The third-order valence-corrected chi connectivity index (χ3v) is 2.93. The fourth-order valence-corrected chi connectivity index (χ4v) is 2.02. The van der Waals surface area contributed by atoms with E-state index in [1.165, 1.54) is 0 Å². The van der Waals surface area contributed by atoms with Crippen molar-refractivity contribution >= 4 is 11.6 Å². The maximum atomic E-state index is 9.63. The fraction of sp³-hybridized carbons (Fsp3) is 0.714. The molecule has 20 heavy (non-hydrogen) atoms. The van der Waals surface area contributed by atoms with Crippen molar-refractivity contribution in [2.75, 3.05) is 37.4 Å². The van der Waals surface area contributed by atoms with Gasteiger partial charge in [-0.1, -0.05) is 13.8 Å². The highest BCUT2D eigenvalue weighted by Crippen LogP contribution is 2.28. The first-order valence-electron chi connectivity index (χ1n) is 7.09. The number of nitrogens with one attached hydrogen (secondary N) is 2. The number of hydrogen-bond donors (Lipinski definition) is 3. The lowest BCUT2D eigenvalue weighted by Crippen LogP contribution is -2.19. The summed E-state index contributed by atoms with van der Waals surface area (Å²) in [5.74, 6) is 2.02. The monoisotopic (exact) mass is 282 g/mol. The van der Waals surface area contributed by atoms with Crippen molar-refractivity contribution in [1.29, 1.82) is 0 Å². The number of nitrogens with zero attached hydrogens (tertiary/aromatic N) is 2.